The fourth-order valence-electron chi connectivity index (χ4n) is 0.927. The average Bonchev–Trinajstić information content (AvgIpc) is 1.82. The highest BCUT2D eigenvalue weighted by atomic mass is 19.1. The number of carboxylic acids is 1. The van der Waals surface area contributed by atoms with Crippen molar-refractivity contribution in [2.24, 2.45) is 0 Å². The van der Waals surface area contributed by atoms with Crippen molar-refractivity contribution in [2.45, 2.75) is 6.92 Å². The second-order valence-electron chi connectivity index (χ2n) is 2.60. The molecule has 0 atom stereocenters. The van der Waals surface area contributed by atoms with Gasteiger partial charge in [-0.05, 0) is 0 Å². The number of nitrogens with zero attached hydrogens (tertiary/aromatic N) is 1. The van der Waals surface area contributed by atoms with Crippen LogP contribution in [0.4, 0.5) is 4.39 Å². The first-order chi connectivity index (χ1) is 5.52. The largest absolute Gasteiger partial charge is 0.476 e. The Labute approximate surface area is 68.3 Å². The molecule has 1 rings (SSSR count). The highest BCUT2D eigenvalue weighted by molar-refractivity contribution is 5.86. The van der Waals surface area contributed by atoms with Crippen molar-refractivity contribution in [3.63, 3.8) is 0 Å². The average molecular weight is 173 g/mol. The van der Waals surface area contributed by atoms with E-state index < -0.39 is 11.8 Å². The summed E-state index contributed by atoms with van der Waals surface area (Å²) in [4.78, 5) is 22.0. The van der Waals surface area contributed by atoms with Gasteiger partial charge >= 0.3 is 5.97 Å². The van der Waals surface area contributed by atoms with E-state index in [-0.39, 0.29) is 24.6 Å². The van der Waals surface area contributed by atoms with E-state index in [4.69, 9.17) is 5.11 Å². The van der Waals surface area contributed by atoms with Crippen LogP contribution in [-0.4, -0.2) is 35.0 Å². The number of carbonyl (C=O) groups excluding carboxylic acids is 1. The number of halogens is 1. The van der Waals surface area contributed by atoms with Gasteiger partial charge in [0.1, 0.15) is 0 Å². The number of carbonyl (C=O) groups is 2. The van der Waals surface area contributed by atoms with Crippen LogP contribution in [0.3, 0.4) is 0 Å². The summed E-state index contributed by atoms with van der Waals surface area (Å²) in [6.07, 6.45) is 0. The SMILES string of the molecule is CC(=O)N1CC(=C(F)C(=O)O)C1. The third-order valence-corrected chi connectivity index (χ3v) is 1.71. The monoisotopic (exact) mass is 173 g/mol. The van der Waals surface area contributed by atoms with Gasteiger partial charge in [0.05, 0.1) is 0 Å². The molecular formula is C7H8FNO3. The molecule has 0 unspecified atom stereocenters. The molecule has 1 N–H and O–H groups in total. The van der Waals surface area contributed by atoms with Gasteiger partial charge in [0, 0.05) is 25.6 Å². The molecule has 1 saturated heterocycles. The first-order valence-electron chi connectivity index (χ1n) is 3.38. The summed E-state index contributed by atoms with van der Waals surface area (Å²) >= 11 is 0. The van der Waals surface area contributed by atoms with E-state index in [9.17, 15) is 14.0 Å². The number of aliphatic carboxylic acids is 1. The summed E-state index contributed by atoms with van der Waals surface area (Å²) in [7, 11) is 0. The van der Waals surface area contributed by atoms with E-state index in [2.05, 4.69) is 0 Å². The predicted molar refractivity (Wildman–Crippen MR) is 38.0 cm³/mol. The van der Waals surface area contributed by atoms with Crippen molar-refractivity contribution in [2.75, 3.05) is 13.1 Å². The number of hydrogen-bond acceptors (Lipinski definition) is 2. The second-order valence-corrected chi connectivity index (χ2v) is 2.60. The first kappa shape index (κ1) is 8.70. The zero-order valence-electron chi connectivity index (χ0n) is 6.50. The van der Waals surface area contributed by atoms with E-state index in [1.165, 1.54) is 11.8 Å². The Hall–Kier alpha value is -1.39. The summed E-state index contributed by atoms with van der Waals surface area (Å²) in [6, 6.07) is 0. The third-order valence-electron chi connectivity index (χ3n) is 1.71. The molecule has 1 fully saturated rings. The number of hydrogen-bond donors (Lipinski definition) is 1. The molecule has 0 aromatic heterocycles. The third kappa shape index (κ3) is 1.44. The Kier molecular flexibility index (Phi) is 2.12. The summed E-state index contributed by atoms with van der Waals surface area (Å²) in [5.41, 5.74) is 0.178. The van der Waals surface area contributed by atoms with Crippen LogP contribution in [0.2, 0.25) is 0 Å². The van der Waals surface area contributed by atoms with Crippen LogP contribution in [0.5, 0.6) is 0 Å². The quantitative estimate of drug-likeness (QED) is 0.574. The molecule has 0 radical (unpaired) electrons. The Bertz CT molecular complexity index is 264. The molecule has 1 aliphatic rings. The molecule has 0 bridgehead atoms. The maximum atomic E-state index is 12.5. The van der Waals surface area contributed by atoms with E-state index in [1.54, 1.807) is 0 Å². The van der Waals surface area contributed by atoms with E-state index in [0.29, 0.717) is 0 Å². The van der Waals surface area contributed by atoms with Gasteiger partial charge in [-0.2, -0.15) is 4.39 Å². The number of likely N-dealkylation sites (tertiary alicyclic amines) is 1. The number of carboxylic acid groups (broad SMARTS) is 1. The molecule has 66 valence electrons. The van der Waals surface area contributed by atoms with Crippen molar-refractivity contribution in [1.29, 1.82) is 0 Å². The Morgan fingerprint density at radius 1 is 1.50 bits per heavy atom. The van der Waals surface area contributed by atoms with Crippen LogP contribution in [0.1, 0.15) is 6.92 Å². The Morgan fingerprint density at radius 2 is 2.00 bits per heavy atom. The summed E-state index contributed by atoms with van der Waals surface area (Å²) in [6.45, 7) is 1.57. The van der Waals surface area contributed by atoms with E-state index in [0.717, 1.165) is 0 Å². The fourth-order valence-corrected chi connectivity index (χ4v) is 0.927. The molecule has 0 saturated carbocycles. The Morgan fingerprint density at radius 3 is 2.33 bits per heavy atom. The molecule has 12 heavy (non-hydrogen) atoms. The van der Waals surface area contributed by atoms with Crippen LogP contribution in [0, 0.1) is 0 Å². The minimum absolute atomic E-state index is 0.105. The zero-order chi connectivity index (χ0) is 9.30. The summed E-state index contributed by atoms with van der Waals surface area (Å²) in [5.74, 6) is -2.86. The molecule has 0 spiro atoms. The molecule has 1 amide bonds. The minimum Gasteiger partial charge on any atom is -0.476 e. The van der Waals surface area contributed by atoms with Gasteiger partial charge < -0.3 is 10.0 Å². The van der Waals surface area contributed by atoms with Crippen LogP contribution >= 0.6 is 0 Å². The summed E-state index contributed by atoms with van der Waals surface area (Å²) < 4.78 is 12.5. The number of rotatable bonds is 1. The van der Waals surface area contributed by atoms with Crippen molar-refractivity contribution in [1.82, 2.24) is 4.90 Å². The van der Waals surface area contributed by atoms with Gasteiger partial charge in [0.25, 0.3) is 0 Å². The zero-order valence-corrected chi connectivity index (χ0v) is 6.50. The first-order valence-corrected chi connectivity index (χ1v) is 3.38. The van der Waals surface area contributed by atoms with Crippen molar-refractivity contribution >= 4 is 11.9 Å². The van der Waals surface area contributed by atoms with E-state index >= 15 is 0 Å². The lowest BCUT2D eigenvalue weighted by atomic mass is 10.1. The molecule has 5 heteroatoms. The van der Waals surface area contributed by atoms with Crippen LogP contribution in [-0.2, 0) is 9.59 Å². The predicted octanol–water partition coefficient (Wildman–Crippen LogP) is 0.157. The smallest absolute Gasteiger partial charge is 0.364 e. The molecule has 0 aromatic rings. The fraction of sp³-hybridized carbons (Fsp3) is 0.429. The lowest BCUT2D eigenvalue weighted by molar-refractivity contribution is -0.135. The maximum absolute atomic E-state index is 12.5. The van der Waals surface area contributed by atoms with Gasteiger partial charge in [-0.15, -0.1) is 0 Å². The maximum Gasteiger partial charge on any atom is 0.364 e. The molecular weight excluding hydrogens is 165 g/mol. The Balaban J connectivity index is 2.59. The molecule has 1 aliphatic heterocycles. The van der Waals surface area contributed by atoms with Crippen molar-refractivity contribution in [3.05, 3.63) is 11.4 Å². The molecule has 1 heterocycles. The van der Waals surface area contributed by atoms with Crippen molar-refractivity contribution < 1.29 is 19.1 Å². The lowest BCUT2D eigenvalue weighted by Crippen LogP contribution is -2.44. The topological polar surface area (TPSA) is 57.6 Å². The van der Waals surface area contributed by atoms with Crippen LogP contribution < -0.4 is 0 Å². The van der Waals surface area contributed by atoms with Crippen molar-refractivity contribution in [3.8, 4) is 0 Å². The highest BCUT2D eigenvalue weighted by Crippen LogP contribution is 2.19. The summed E-state index contributed by atoms with van der Waals surface area (Å²) in [5, 5.41) is 8.21. The lowest BCUT2D eigenvalue weighted by Gasteiger charge is -2.32. The number of amides is 1. The molecule has 0 aliphatic carbocycles. The standard InChI is InChI=1S/C7H8FNO3/c1-4(10)9-2-5(3-9)6(8)7(11)12/h2-3H2,1H3,(H,11,12). The van der Waals surface area contributed by atoms with Gasteiger partial charge in [0.15, 0.2) is 0 Å². The normalized spacial score (nSPS) is 15.5. The highest BCUT2D eigenvalue weighted by Gasteiger charge is 2.28. The van der Waals surface area contributed by atoms with Gasteiger partial charge in [-0.25, -0.2) is 4.79 Å². The van der Waals surface area contributed by atoms with Gasteiger partial charge in [0.2, 0.25) is 11.7 Å². The van der Waals surface area contributed by atoms with Gasteiger partial charge in [-0.1, -0.05) is 0 Å². The minimum atomic E-state index is -1.56. The molecule has 4 nitrogen and oxygen atoms in total. The van der Waals surface area contributed by atoms with Crippen LogP contribution in [0.25, 0.3) is 0 Å². The molecule has 0 aromatic carbocycles. The van der Waals surface area contributed by atoms with Crippen LogP contribution in [0.15, 0.2) is 11.4 Å². The second kappa shape index (κ2) is 2.92. The van der Waals surface area contributed by atoms with Gasteiger partial charge in [-0.3, -0.25) is 4.79 Å². The van der Waals surface area contributed by atoms with E-state index in [1.807, 2.05) is 0 Å².